The molecule has 1 aliphatic heterocycles. The lowest BCUT2D eigenvalue weighted by Gasteiger charge is -2.21. The van der Waals surface area contributed by atoms with Crippen molar-refractivity contribution in [3.63, 3.8) is 0 Å². The van der Waals surface area contributed by atoms with Crippen molar-refractivity contribution in [1.82, 2.24) is 14.3 Å². The predicted octanol–water partition coefficient (Wildman–Crippen LogP) is 3.10. The van der Waals surface area contributed by atoms with Crippen LogP contribution in [0.25, 0.3) is 27.6 Å². The summed E-state index contributed by atoms with van der Waals surface area (Å²) in [6, 6.07) is 13.9. The summed E-state index contributed by atoms with van der Waals surface area (Å²) in [4.78, 5) is 26.4. The summed E-state index contributed by atoms with van der Waals surface area (Å²) < 4.78 is 4.13. The largest absolute Gasteiger partial charge is 0.396 e. The molecule has 0 fully saturated rings. The summed E-state index contributed by atoms with van der Waals surface area (Å²) in [7, 11) is 1.95. The molecule has 0 radical (unpaired) electrons. The fraction of sp³-hybridized carbons (Fsp3) is 0.231. The average molecular weight is 425 g/mol. The van der Waals surface area contributed by atoms with Crippen molar-refractivity contribution in [3.8, 4) is 0 Å². The molecule has 4 aromatic rings. The zero-order valence-corrected chi connectivity index (χ0v) is 17.8. The van der Waals surface area contributed by atoms with Crippen LogP contribution in [0.1, 0.15) is 28.8 Å². The van der Waals surface area contributed by atoms with Gasteiger partial charge in [0.1, 0.15) is 0 Å². The molecular weight excluding hydrogens is 402 g/mol. The van der Waals surface area contributed by atoms with Gasteiger partial charge in [0.15, 0.2) is 0 Å². The van der Waals surface area contributed by atoms with E-state index >= 15 is 0 Å². The van der Waals surface area contributed by atoms with Gasteiger partial charge in [-0.2, -0.15) is 0 Å². The highest BCUT2D eigenvalue weighted by Gasteiger charge is 2.38. The van der Waals surface area contributed by atoms with Crippen LogP contribution in [0.5, 0.6) is 0 Å². The van der Waals surface area contributed by atoms with Crippen LogP contribution >= 0.6 is 0 Å². The van der Waals surface area contributed by atoms with Gasteiger partial charge < -0.3 is 14.1 Å². The van der Waals surface area contributed by atoms with Gasteiger partial charge in [-0.15, -0.1) is 0 Å². The number of hydrogen-bond donors (Lipinski definition) is 2. The van der Waals surface area contributed by atoms with Crippen LogP contribution in [0.4, 0.5) is 0 Å². The normalized spacial score (nSPS) is 18.6. The van der Waals surface area contributed by atoms with Crippen LogP contribution in [-0.2, 0) is 29.5 Å². The molecular formula is C26H23N3O3. The number of fused-ring (bicyclic) bond motifs is 4. The zero-order chi connectivity index (χ0) is 22.0. The number of imide groups is 1. The van der Waals surface area contributed by atoms with Crippen molar-refractivity contribution in [1.29, 1.82) is 0 Å². The maximum absolute atomic E-state index is 13.2. The van der Waals surface area contributed by atoms with Gasteiger partial charge in [0.05, 0.1) is 16.7 Å². The Morgan fingerprint density at radius 3 is 2.62 bits per heavy atom. The summed E-state index contributed by atoms with van der Waals surface area (Å²) in [5.74, 6) is -0.566. The van der Waals surface area contributed by atoms with Crippen LogP contribution in [0.2, 0.25) is 0 Å². The molecule has 2 aliphatic rings. The van der Waals surface area contributed by atoms with Crippen molar-refractivity contribution < 1.29 is 14.7 Å². The number of aromatic nitrogens is 2. The number of rotatable bonds is 3. The molecule has 4 heterocycles. The Kier molecular flexibility index (Phi) is 4.13. The first kappa shape index (κ1) is 19.1. The van der Waals surface area contributed by atoms with Crippen LogP contribution < -0.4 is 5.32 Å². The third kappa shape index (κ3) is 2.56. The Morgan fingerprint density at radius 2 is 1.78 bits per heavy atom. The van der Waals surface area contributed by atoms with E-state index in [-0.39, 0.29) is 24.3 Å². The van der Waals surface area contributed by atoms with Crippen LogP contribution in [0, 0.1) is 5.92 Å². The minimum absolute atomic E-state index is 0.116. The highest BCUT2D eigenvalue weighted by atomic mass is 16.3. The smallest absolute Gasteiger partial charge is 0.259 e. The molecule has 0 spiro atoms. The molecule has 1 aromatic carbocycles. The van der Waals surface area contributed by atoms with Crippen LogP contribution in [-0.4, -0.2) is 32.5 Å². The third-order valence-corrected chi connectivity index (χ3v) is 6.94. The van der Waals surface area contributed by atoms with Gasteiger partial charge in [-0.3, -0.25) is 14.9 Å². The minimum atomic E-state index is -0.361. The molecule has 0 bridgehead atoms. The van der Waals surface area contributed by atoms with Gasteiger partial charge in [-0.25, -0.2) is 0 Å². The van der Waals surface area contributed by atoms with Crippen molar-refractivity contribution in [2.45, 2.75) is 19.3 Å². The van der Waals surface area contributed by atoms with E-state index in [0.717, 1.165) is 51.6 Å². The van der Waals surface area contributed by atoms with Gasteiger partial charge in [0.25, 0.3) is 11.8 Å². The molecule has 0 saturated carbocycles. The van der Waals surface area contributed by atoms with Gasteiger partial charge in [0.2, 0.25) is 0 Å². The Bertz CT molecular complexity index is 1470. The first-order valence-electron chi connectivity index (χ1n) is 10.9. The molecule has 6 heteroatoms. The van der Waals surface area contributed by atoms with E-state index in [4.69, 9.17) is 0 Å². The Balaban J connectivity index is 1.71. The lowest BCUT2D eigenvalue weighted by Crippen LogP contribution is -2.23. The highest BCUT2D eigenvalue weighted by Crippen LogP contribution is 2.42. The number of nitrogens with one attached hydrogen (secondary N) is 1. The minimum Gasteiger partial charge on any atom is -0.396 e. The van der Waals surface area contributed by atoms with E-state index in [1.807, 2.05) is 66.5 Å². The number of amides is 2. The fourth-order valence-electron chi connectivity index (χ4n) is 5.48. The number of nitrogens with zero attached hydrogens (tertiary/aromatic N) is 2. The molecule has 2 N–H and O–H groups in total. The summed E-state index contributed by atoms with van der Waals surface area (Å²) in [6.07, 6.45) is 6.38. The quantitative estimate of drug-likeness (QED) is 0.496. The topological polar surface area (TPSA) is 75.7 Å². The van der Waals surface area contributed by atoms with Gasteiger partial charge in [0, 0.05) is 53.8 Å². The first-order valence-corrected chi connectivity index (χ1v) is 10.9. The number of benzene rings is 1. The zero-order valence-electron chi connectivity index (χ0n) is 17.8. The van der Waals surface area contributed by atoms with E-state index in [1.165, 1.54) is 0 Å². The molecule has 0 saturated heterocycles. The highest BCUT2D eigenvalue weighted by molar-refractivity contribution is 6.50. The van der Waals surface area contributed by atoms with Crippen molar-refractivity contribution in [2.24, 2.45) is 13.0 Å². The number of aryl methyl sites for hydroxylation is 2. The fourth-order valence-corrected chi connectivity index (χ4v) is 5.48. The number of carbonyl (C=O) groups excluding carboxylic acids is 2. The molecule has 2 amide bonds. The Labute approximate surface area is 184 Å². The van der Waals surface area contributed by atoms with Crippen molar-refractivity contribution in [2.75, 3.05) is 6.61 Å². The monoisotopic (exact) mass is 425 g/mol. The number of carbonyl (C=O) groups is 2. The van der Waals surface area contributed by atoms with E-state index in [0.29, 0.717) is 17.6 Å². The van der Waals surface area contributed by atoms with Gasteiger partial charge in [-0.1, -0.05) is 24.3 Å². The van der Waals surface area contributed by atoms with E-state index < -0.39 is 0 Å². The molecule has 1 unspecified atom stereocenters. The molecule has 3 aromatic heterocycles. The van der Waals surface area contributed by atoms with Crippen LogP contribution in [0.3, 0.4) is 0 Å². The molecule has 6 rings (SSSR count). The summed E-state index contributed by atoms with van der Waals surface area (Å²) in [6.45, 7) is 0.116. The number of pyridine rings is 1. The van der Waals surface area contributed by atoms with Crippen molar-refractivity contribution >= 4 is 39.4 Å². The van der Waals surface area contributed by atoms with Crippen molar-refractivity contribution in [3.05, 3.63) is 77.2 Å². The third-order valence-electron chi connectivity index (χ3n) is 6.94. The van der Waals surface area contributed by atoms with Crippen LogP contribution in [0.15, 0.2) is 54.9 Å². The number of aliphatic hydroxyl groups is 1. The molecule has 1 aliphatic carbocycles. The second kappa shape index (κ2) is 6.93. The lowest BCUT2D eigenvalue weighted by atomic mass is 9.83. The summed E-state index contributed by atoms with van der Waals surface area (Å²) in [5, 5.41) is 13.3. The summed E-state index contributed by atoms with van der Waals surface area (Å²) >= 11 is 0. The lowest BCUT2D eigenvalue weighted by molar-refractivity contribution is -0.122. The summed E-state index contributed by atoms with van der Waals surface area (Å²) in [5.41, 5.74) is 6.62. The molecule has 160 valence electrons. The van der Waals surface area contributed by atoms with E-state index in [2.05, 4.69) is 9.72 Å². The Hall–Kier alpha value is -3.64. The SMILES string of the molecule is Cn1cc(C2=C(c3c4c(n5ccccc35)CCC(CO)C4)C(=O)NC2=O)c2ccccc21. The Morgan fingerprint density at radius 1 is 1.03 bits per heavy atom. The van der Waals surface area contributed by atoms with Gasteiger partial charge in [-0.05, 0) is 48.9 Å². The number of para-hydroxylation sites is 1. The molecule has 1 atom stereocenters. The average Bonchev–Trinajstić information content (AvgIpc) is 3.41. The number of hydrogen-bond acceptors (Lipinski definition) is 3. The molecule has 6 nitrogen and oxygen atoms in total. The first-order chi connectivity index (χ1) is 15.6. The predicted molar refractivity (Wildman–Crippen MR) is 123 cm³/mol. The van der Waals surface area contributed by atoms with E-state index in [9.17, 15) is 14.7 Å². The maximum Gasteiger partial charge on any atom is 0.259 e. The van der Waals surface area contributed by atoms with E-state index in [1.54, 1.807) is 0 Å². The standard InChI is InChI=1S/C26H23N3O3/c1-28-13-18(16-6-2-3-7-19(16)28)23-24(26(32)27-25(23)31)22-17-12-15(14-30)9-10-20(17)29-11-5-4-8-21(22)29/h2-8,11,13,15,30H,9-10,12,14H2,1H3,(H,27,31,32). The maximum atomic E-state index is 13.2. The molecule has 32 heavy (non-hydrogen) atoms. The van der Waals surface area contributed by atoms with Gasteiger partial charge >= 0.3 is 0 Å². The number of aliphatic hydroxyl groups excluding tert-OH is 1. The second-order valence-electron chi connectivity index (χ2n) is 8.75. The second-order valence-corrected chi connectivity index (χ2v) is 8.75.